The predicted octanol–water partition coefficient (Wildman–Crippen LogP) is 1.83. The van der Waals surface area contributed by atoms with Crippen LogP contribution < -0.4 is 11.1 Å². The summed E-state index contributed by atoms with van der Waals surface area (Å²) in [6.07, 6.45) is -0.706. The Balaban J connectivity index is 2.92. The lowest BCUT2D eigenvalue weighted by atomic mass is 10.0. The molecule has 0 bridgehead atoms. The molecule has 1 atom stereocenters. The van der Waals surface area contributed by atoms with E-state index in [1.807, 2.05) is 19.9 Å². The van der Waals surface area contributed by atoms with Gasteiger partial charge in [-0.15, -0.1) is 0 Å². The molecule has 0 spiro atoms. The van der Waals surface area contributed by atoms with Crippen LogP contribution in [0.4, 0.5) is 5.69 Å². The second kappa shape index (κ2) is 5.87. The predicted molar refractivity (Wildman–Crippen MR) is 68.7 cm³/mol. The number of nitrogen functional groups attached to an aromatic ring is 1. The van der Waals surface area contributed by atoms with Crippen molar-refractivity contribution in [2.75, 3.05) is 12.3 Å². The summed E-state index contributed by atoms with van der Waals surface area (Å²) in [6, 6.07) is 5.39. The van der Waals surface area contributed by atoms with Gasteiger partial charge in [-0.25, -0.2) is 0 Å². The molecule has 0 aliphatic rings. The van der Waals surface area contributed by atoms with Crippen molar-refractivity contribution in [2.24, 2.45) is 0 Å². The molecule has 5 heteroatoms. The lowest BCUT2D eigenvalue weighted by Gasteiger charge is -2.15. The summed E-state index contributed by atoms with van der Waals surface area (Å²) in [4.78, 5) is 0. The monoisotopic (exact) mass is 253 g/mol. The normalized spacial score (nSPS) is 12.5. The molecule has 1 aromatic carbocycles. The smallest absolute Gasteiger partial charge is 0.101 e. The summed E-state index contributed by atoms with van der Waals surface area (Å²) in [5.41, 5.74) is 6.76. The van der Waals surface area contributed by atoms with E-state index in [1.54, 1.807) is 12.1 Å². The number of rotatable bonds is 4. The van der Waals surface area contributed by atoms with Crippen LogP contribution in [0.1, 0.15) is 31.1 Å². The maximum Gasteiger partial charge on any atom is 0.101 e. The van der Waals surface area contributed by atoms with Crippen LogP contribution in [0.3, 0.4) is 0 Å². The summed E-state index contributed by atoms with van der Waals surface area (Å²) in [5.74, 6) is 0. The summed E-state index contributed by atoms with van der Waals surface area (Å²) in [5, 5.41) is 22.2. The quantitative estimate of drug-likeness (QED) is 0.715. The van der Waals surface area contributed by atoms with E-state index < -0.39 is 6.10 Å². The van der Waals surface area contributed by atoms with E-state index in [1.165, 1.54) is 0 Å². The molecule has 0 saturated heterocycles. The zero-order chi connectivity index (χ0) is 13.0. The van der Waals surface area contributed by atoms with Crippen molar-refractivity contribution in [2.45, 2.75) is 26.0 Å². The number of nitrogens with two attached hydrogens (primary N) is 1. The SMILES string of the molecule is CC(C)NCC(O)c1cc(Cl)c(N)c(C#N)c1. The third kappa shape index (κ3) is 3.60. The van der Waals surface area contributed by atoms with Crippen molar-refractivity contribution < 1.29 is 5.11 Å². The molecule has 0 radical (unpaired) electrons. The highest BCUT2D eigenvalue weighted by molar-refractivity contribution is 6.33. The Bertz CT molecular complexity index is 440. The third-order valence-corrected chi connectivity index (χ3v) is 2.69. The van der Waals surface area contributed by atoms with Gasteiger partial charge in [0.2, 0.25) is 0 Å². The number of halogens is 1. The highest BCUT2D eigenvalue weighted by atomic mass is 35.5. The van der Waals surface area contributed by atoms with Gasteiger partial charge in [0.1, 0.15) is 6.07 Å². The molecule has 1 rings (SSSR count). The van der Waals surface area contributed by atoms with Crippen LogP contribution in [0.15, 0.2) is 12.1 Å². The van der Waals surface area contributed by atoms with E-state index in [-0.39, 0.29) is 17.3 Å². The Kier molecular flexibility index (Phi) is 4.76. The molecular formula is C12H16ClN3O. The van der Waals surface area contributed by atoms with Gasteiger partial charge < -0.3 is 16.2 Å². The number of benzene rings is 1. The third-order valence-electron chi connectivity index (χ3n) is 2.38. The number of hydrogen-bond donors (Lipinski definition) is 3. The average molecular weight is 254 g/mol. The van der Waals surface area contributed by atoms with E-state index in [0.29, 0.717) is 17.1 Å². The van der Waals surface area contributed by atoms with Gasteiger partial charge in [0, 0.05) is 12.6 Å². The van der Waals surface area contributed by atoms with Gasteiger partial charge in [0.05, 0.1) is 22.4 Å². The minimum Gasteiger partial charge on any atom is -0.396 e. The molecular weight excluding hydrogens is 238 g/mol. The zero-order valence-electron chi connectivity index (χ0n) is 9.87. The van der Waals surface area contributed by atoms with Gasteiger partial charge >= 0.3 is 0 Å². The summed E-state index contributed by atoms with van der Waals surface area (Å²) in [6.45, 7) is 4.38. The Morgan fingerprint density at radius 3 is 2.71 bits per heavy atom. The van der Waals surface area contributed by atoms with Crippen LogP contribution in [-0.2, 0) is 0 Å². The van der Waals surface area contributed by atoms with E-state index in [0.717, 1.165) is 0 Å². The fourth-order valence-corrected chi connectivity index (χ4v) is 1.62. The first-order valence-corrected chi connectivity index (χ1v) is 5.74. The molecule has 0 amide bonds. The molecule has 0 heterocycles. The number of nitrogens with zero attached hydrogens (tertiary/aromatic N) is 1. The maximum atomic E-state index is 9.93. The Morgan fingerprint density at radius 2 is 2.18 bits per heavy atom. The topological polar surface area (TPSA) is 82.1 Å². The minimum atomic E-state index is -0.706. The van der Waals surface area contributed by atoms with Gasteiger partial charge in [0.25, 0.3) is 0 Å². The first kappa shape index (κ1) is 13.8. The molecule has 1 unspecified atom stereocenters. The lowest BCUT2D eigenvalue weighted by Crippen LogP contribution is -2.27. The van der Waals surface area contributed by atoms with Crippen molar-refractivity contribution in [1.29, 1.82) is 5.26 Å². The van der Waals surface area contributed by atoms with Crippen molar-refractivity contribution in [1.82, 2.24) is 5.32 Å². The van der Waals surface area contributed by atoms with E-state index in [2.05, 4.69) is 5.32 Å². The largest absolute Gasteiger partial charge is 0.396 e. The van der Waals surface area contributed by atoms with Crippen LogP contribution >= 0.6 is 11.6 Å². The van der Waals surface area contributed by atoms with Gasteiger partial charge in [-0.3, -0.25) is 0 Å². The molecule has 17 heavy (non-hydrogen) atoms. The van der Waals surface area contributed by atoms with E-state index >= 15 is 0 Å². The molecule has 4 nitrogen and oxygen atoms in total. The van der Waals surface area contributed by atoms with Crippen LogP contribution in [0.25, 0.3) is 0 Å². The second-order valence-corrected chi connectivity index (χ2v) is 4.56. The van der Waals surface area contributed by atoms with Crippen LogP contribution in [0, 0.1) is 11.3 Å². The summed E-state index contributed by atoms with van der Waals surface area (Å²) in [7, 11) is 0. The van der Waals surface area contributed by atoms with Crippen molar-refractivity contribution in [3.8, 4) is 6.07 Å². The van der Waals surface area contributed by atoms with Gasteiger partial charge in [-0.05, 0) is 17.7 Å². The van der Waals surface area contributed by atoms with Crippen molar-refractivity contribution >= 4 is 17.3 Å². The highest BCUT2D eigenvalue weighted by Crippen LogP contribution is 2.27. The number of aliphatic hydroxyl groups is 1. The Morgan fingerprint density at radius 1 is 1.53 bits per heavy atom. The molecule has 0 saturated carbocycles. The molecule has 0 aliphatic carbocycles. The van der Waals surface area contributed by atoms with Gasteiger partial charge in [-0.2, -0.15) is 5.26 Å². The number of nitriles is 1. The highest BCUT2D eigenvalue weighted by Gasteiger charge is 2.13. The summed E-state index contributed by atoms with van der Waals surface area (Å²) < 4.78 is 0. The maximum absolute atomic E-state index is 9.93. The van der Waals surface area contributed by atoms with E-state index in [4.69, 9.17) is 22.6 Å². The molecule has 4 N–H and O–H groups in total. The Hall–Kier alpha value is -1.28. The number of anilines is 1. The molecule has 0 fully saturated rings. The minimum absolute atomic E-state index is 0.252. The fourth-order valence-electron chi connectivity index (χ4n) is 1.39. The van der Waals surface area contributed by atoms with E-state index in [9.17, 15) is 5.11 Å². The number of hydrogen-bond acceptors (Lipinski definition) is 4. The van der Waals surface area contributed by atoms with Gasteiger partial charge in [0.15, 0.2) is 0 Å². The van der Waals surface area contributed by atoms with Crippen molar-refractivity contribution in [3.05, 3.63) is 28.3 Å². The fraction of sp³-hybridized carbons (Fsp3) is 0.417. The Labute approximate surface area is 106 Å². The van der Waals surface area contributed by atoms with Gasteiger partial charge in [-0.1, -0.05) is 25.4 Å². The standard InChI is InChI=1S/C12H16ClN3O/c1-7(2)16-6-11(17)8-3-9(5-14)12(15)10(13)4-8/h3-4,7,11,16-17H,6,15H2,1-2H3. The molecule has 0 aromatic heterocycles. The number of nitrogens with one attached hydrogen (secondary N) is 1. The van der Waals surface area contributed by atoms with Crippen LogP contribution in [0.5, 0.6) is 0 Å². The summed E-state index contributed by atoms with van der Waals surface area (Å²) >= 11 is 5.90. The van der Waals surface area contributed by atoms with Crippen molar-refractivity contribution in [3.63, 3.8) is 0 Å². The second-order valence-electron chi connectivity index (χ2n) is 4.15. The molecule has 1 aromatic rings. The molecule has 0 aliphatic heterocycles. The van der Waals surface area contributed by atoms with Crippen LogP contribution in [0.2, 0.25) is 5.02 Å². The first-order valence-electron chi connectivity index (χ1n) is 5.36. The number of aliphatic hydroxyl groups excluding tert-OH is 1. The van der Waals surface area contributed by atoms with Crippen LogP contribution in [-0.4, -0.2) is 17.7 Å². The molecule has 92 valence electrons. The zero-order valence-corrected chi connectivity index (χ0v) is 10.6. The lowest BCUT2D eigenvalue weighted by molar-refractivity contribution is 0.171. The average Bonchev–Trinajstić information content (AvgIpc) is 2.29. The first-order chi connectivity index (χ1) is 7.95.